The van der Waals surface area contributed by atoms with E-state index in [1.807, 2.05) is 6.92 Å². The highest BCUT2D eigenvalue weighted by molar-refractivity contribution is 8.01. The van der Waals surface area contributed by atoms with E-state index in [1.54, 1.807) is 11.8 Å². The van der Waals surface area contributed by atoms with Crippen LogP contribution in [0.15, 0.2) is 4.34 Å². The summed E-state index contributed by atoms with van der Waals surface area (Å²) in [6.45, 7) is 6.33. The molecule has 1 aliphatic rings. The number of aromatic nitrogens is 2. The van der Waals surface area contributed by atoms with Crippen molar-refractivity contribution in [2.24, 2.45) is 11.3 Å². The zero-order chi connectivity index (χ0) is 12.5. The predicted octanol–water partition coefficient (Wildman–Crippen LogP) is 3.02. The Labute approximate surface area is 110 Å². The van der Waals surface area contributed by atoms with E-state index in [-0.39, 0.29) is 11.3 Å². The first-order valence-electron chi connectivity index (χ1n) is 5.77. The van der Waals surface area contributed by atoms with Crippen molar-refractivity contribution in [1.29, 1.82) is 0 Å². The summed E-state index contributed by atoms with van der Waals surface area (Å²) in [6, 6.07) is 0. The Hall–Kier alpha value is -0.620. The van der Waals surface area contributed by atoms with E-state index < -0.39 is 0 Å². The zero-order valence-corrected chi connectivity index (χ0v) is 12.0. The number of carbonyl (C=O) groups is 1. The third kappa shape index (κ3) is 3.42. The first-order valence-corrected chi connectivity index (χ1v) is 7.57. The highest BCUT2D eigenvalue weighted by atomic mass is 32.2. The molecule has 0 spiro atoms. The van der Waals surface area contributed by atoms with E-state index in [0.717, 1.165) is 22.9 Å². The fourth-order valence-corrected chi connectivity index (χ4v) is 2.94. The lowest BCUT2D eigenvalue weighted by molar-refractivity contribution is -0.120. The highest BCUT2D eigenvalue weighted by Gasteiger charge is 2.45. The number of hydrogen-bond acceptors (Lipinski definition) is 5. The second-order valence-electron chi connectivity index (χ2n) is 5.09. The molecule has 1 aliphatic carbocycles. The molecule has 0 aromatic carbocycles. The number of carbonyl (C=O) groups excluding carboxylic acids is 1. The van der Waals surface area contributed by atoms with E-state index in [4.69, 9.17) is 0 Å². The fourth-order valence-electron chi connectivity index (χ4n) is 1.22. The Morgan fingerprint density at radius 1 is 1.53 bits per heavy atom. The second-order valence-corrected chi connectivity index (χ2v) is 7.34. The molecule has 0 radical (unpaired) electrons. The number of nitrogens with one attached hydrogen (secondary N) is 1. The summed E-state index contributed by atoms with van der Waals surface area (Å²) < 4.78 is 0.926. The molecular weight excluding hydrogens is 254 g/mol. The third-order valence-corrected chi connectivity index (χ3v) is 5.11. The van der Waals surface area contributed by atoms with Gasteiger partial charge in [0.1, 0.15) is 0 Å². The van der Waals surface area contributed by atoms with E-state index in [2.05, 4.69) is 29.4 Å². The molecule has 0 aliphatic heterocycles. The molecular formula is C11H17N3OS2. The molecule has 0 atom stereocenters. The molecule has 2 rings (SSSR count). The van der Waals surface area contributed by atoms with Crippen molar-refractivity contribution in [3.8, 4) is 0 Å². The fraction of sp³-hybridized carbons (Fsp3) is 0.727. The molecule has 1 aromatic heterocycles. The lowest BCUT2D eigenvalue weighted by atomic mass is 10.1. The maximum atomic E-state index is 11.8. The minimum absolute atomic E-state index is 0.0778. The van der Waals surface area contributed by atoms with Gasteiger partial charge in [-0.2, -0.15) is 0 Å². The largest absolute Gasteiger partial charge is 0.300 e. The Kier molecular flexibility index (Phi) is 3.73. The lowest BCUT2D eigenvalue weighted by Gasteiger charge is -2.05. The van der Waals surface area contributed by atoms with Gasteiger partial charge in [0.05, 0.1) is 0 Å². The standard InChI is InChI=1S/C11H17N3OS2/c1-7(2)6-16-10-14-13-9(17-10)12-8(15)11(3)4-5-11/h7H,4-6H2,1-3H3,(H,12,13,15). The van der Waals surface area contributed by atoms with Crippen LogP contribution in [0.2, 0.25) is 0 Å². The number of anilines is 1. The van der Waals surface area contributed by atoms with E-state index in [9.17, 15) is 4.79 Å². The van der Waals surface area contributed by atoms with Crippen LogP contribution in [0.1, 0.15) is 33.6 Å². The van der Waals surface area contributed by atoms with Gasteiger partial charge in [0, 0.05) is 11.2 Å². The average molecular weight is 271 g/mol. The summed E-state index contributed by atoms with van der Waals surface area (Å²) in [5, 5.41) is 11.5. The van der Waals surface area contributed by atoms with Crippen LogP contribution < -0.4 is 5.32 Å². The summed E-state index contributed by atoms with van der Waals surface area (Å²) in [5.41, 5.74) is -0.156. The van der Waals surface area contributed by atoms with Gasteiger partial charge >= 0.3 is 0 Å². The first kappa shape index (κ1) is 12.8. The zero-order valence-electron chi connectivity index (χ0n) is 10.3. The van der Waals surface area contributed by atoms with Gasteiger partial charge in [-0.1, -0.05) is 43.9 Å². The van der Waals surface area contributed by atoms with Crippen LogP contribution in [0.3, 0.4) is 0 Å². The van der Waals surface area contributed by atoms with Crippen LogP contribution in [0.5, 0.6) is 0 Å². The predicted molar refractivity (Wildman–Crippen MR) is 71.4 cm³/mol. The van der Waals surface area contributed by atoms with Gasteiger partial charge in [0.15, 0.2) is 4.34 Å². The van der Waals surface area contributed by atoms with Crippen LogP contribution in [0, 0.1) is 11.3 Å². The van der Waals surface area contributed by atoms with Crippen molar-refractivity contribution in [2.75, 3.05) is 11.1 Å². The van der Waals surface area contributed by atoms with E-state index >= 15 is 0 Å². The second kappa shape index (κ2) is 4.94. The van der Waals surface area contributed by atoms with Crippen molar-refractivity contribution in [1.82, 2.24) is 10.2 Å². The molecule has 0 unspecified atom stereocenters. The Morgan fingerprint density at radius 2 is 2.24 bits per heavy atom. The molecule has 94 valence electrons. The molecule has 0 bridgehead atoms. The first-order chi connectivity index (χ1) is 7.99. The van der Waals surface area contributed by atoms with Gasteiger partial charge in [0.25, 0.3) is 0 Å². The van der Waals surface area contributed by atoms with Gasteiger partial charge in [0.2, 0.25) is 11.0 Å². The Morgan fingerprint density at radius 3 is 2.82 bits per heavy atom. The number of thioether (sulfide) groups is 1. The van der Waals surface area contributed by atoms with E-state index in [0.29, 0.717) is 11.0 Å². The summed E-state index contributed by atoms with van der Waals surface area (Å²) >= 11 is 3.15. The normalized spacial score (nSPS) is 17.2. The van der Waals surface area contributed by atoms with E-state index in [1.165, 1.54) is 11.3 Å². The van der Waals surface area contributed by atoms with Crippen LogP contribution in [0.4, 0.5) is 5.13 Å². The quantitative estimate of drug-likeness (QED) is 0.660. The average Bonchev–Trinajstić information content (AvgIpc) is 2.87. The van der Waals surface area contributed by atoms with Crippen LogP contribution in [0.25, 0.3) is 0 Å². The van der Waals surface area contributed by atoms with Gasteiger partial charge in [-0.25, -0.2) is 0 Å². The van der Waals surface area contributed by atoms with Gasteiger partial charge in [-0.05, 0) is 18.8 Å². The smallest absolute Gasteiger partial charge is 0.232 e. The number of nitrogens with zero attached hydrogens (tertiary/aromatic N) is 2. The highest BCUT2D eigenvalue weighted by Crippen LogP contribution is 2.45. The lowest BCUT2D eigenvalue weighted by Crippen LogP contribution is -2.21. The molecule has 1 heterocycles. The number of rotatable bonds is 5. The maximum Gasteiger partial charge on any atom is 0.232 e. The summed E-state index contributed by atoms with van der Waals surface area (Å²) in [4.78, 5) is 11.8. The number of hydrogen-bond donors (Lipinski definition) is 1. The van der Waals surface area contributed by atoms with Crippen molar-refractivity contribution in [3.63, 3.8) is 0 Å². The third-order valence-electron chi connectivity index (χ3n) is 2.72. The topological polar surface area (TPSA) is 54.9 Å². The SMILES string of the molecule is CC(C)CSc1nnc(NC(=O)C2(C)CC2)s1. The molecule has 17 heavy (non-hydrogen) atoms. The molecule has 4 nitrogen and oxygen atoms in total. The van der Waals surface area contributed by atoms with Crippen molar-refractivity contribution in [3.05, 3.63) is 0 Å². The van der Waals surface area contributed by atoms with Crippen molar-refractivity contribution in [2.45, 2.75) is 38.0 Å². The minimum Gasteiger partial charge on any atom is -0.300 e. The molecule has 1 N–H and O–H groups in total. The molecule has 1 saturated carbocycles. The van der Waals surface area contributed by atoms with Gasteiger partial charge in [-0.15, -0.1) is 10.2 Å². The molecule has 1 amide bonds. The Bertz CT molecular complexity index is 413. The van der Waals surface area contributed by atoms with Gasteiger partial charge < -0.3 is 5.32 Å². The van der Waals surface area contributed by atoms with Crippen molar-refractivity contribution < 1.29 is 4.79 Å². The number of amides is 1. The monoisotopic (exact) mass is 271 g/mol. The summed E-state index contributed by atoms with van der Waals surface area (Å²) in [6.07, 6.45) is 1.96. The maximum absolute atomic E-state index is 11.8. The molecule has 0 saturated heterocycles. The molecule has 1 fully saturated rings. The molecule has 6 heteroatoms. The van der Waals surface area contributed by atoms with Crippen molar-refractivity contribution >= 4 is 34.1 Å². The minimum atomic E-state index is -0.156. The summed E-state index contributed by atoms with van der Waals surface area (Å²) in [5.74, 6) is 1.74. The van der Waals surface area contributed by atoms with Crippen LogP contribution in [-0.4, -0.2) is 21.9 Å². The van der Waals surface area contributed by atoms with Crippen LogP contribution in [-0.2, 0) is 4.79 Å². The molecule has 1 aromatic rings. The Balaban J connectivity index is 1.87. The summed E-state index contributed by atoms with van der Waals surface area (Å²) in [7, 11) is 0. The van der Waals surface area contributed by atoms with Gasteiger partial charge in [-0.3, -0.25) is 4.79 Å². The van der Waals surface area contributed by atoms with Crippen LogP contribution >= 0.6 is 23.1 Å².